The molecule has 0 aliphatic carbocycles. The quantitative estimate of drug-likeness (QED) is 0.877. The number of aromatic amines is 1. The maximum atomic E-state index is 12.0. The molecule has 0 radical (unpaired) electrons. The number of hydrogen-bond donors (Lipinski definition) is 2. The van der Waals surface area contributed by atoms with Crippen LogP contribution in [0.3, 0.4) is 0 Å². The zero-order chi connectivity index (χ0) is 14.5. The van der Waals surface area contributed by atoms with Crippen molar-refractivity contribution < 1.29 is 9.53 Å². The summed E-state index contributed by atoms with van der Waals surface area (Å²) in [5.41, 5.74) is 1.69. The molecule has 2 aromatic rings. The van der Waals surface area contributed by atoms with E-state index in [1.807, 2.05) is 32.0 Å². The predicted molar refractivity (Wildman–Crippen MR) is 76.0 cm³/mol. The number of carbonyl (C=O) groups excluding carboxylic acids is 1. The van der Waals surface area contributed by atoms with E-state index in [2.05, 4.69) is 20.5 Å². The fraction of sp³-hybridized carbons (Fsp3) is 0.357. The Morgan fingerprint density at radius 3 is 2.85 bits per heavy atom. The van der Waals surface area contributed by atoms with Crippen molar-refractivity contribution in [2.45, 2.75) is 27.2 Å². The van der Waals surface area contributed by atoms with Gasteiger partial charge in [-0.05, 0) is 38.0 Å². The molecule has 1 heterocycles. The van der Waals surface area contributed by atoms with Gasteiger partial charge in [-0.3, -0.25) is 9.89 Å². The van der Waals surface area contributed by atoms with Crippen molar-refractivity contribution in [3.63, 3.8) is 0 Å². The number of H-pyrrole nitrogens is 1. The SMILES string of the molecule is CCCOc1cc(C)ccc1NC(=O)c1n[nH]c(C)n1. The summed E-state index contributed by atoms with van der Waals surface area (Å²) in [6, 6.07) is 5.63. The molecule has 0 atom stereocenters. The lowest BCUT2D eigenvalue weighted by Crippen LogP contribution is -2.15. The van der Waals surface area contributed by atoms with Crippen molar-refractivity contribution in [2.75, 3.05) is 11.9 Å². The van der Waals surface area contributed by atoms with Gasteiger partial charge in [-0.2, -0.15) is 0 Å². The molecule has 0 saturated carbocycles. The van der Waals surface area contributed by atoms with Crippen LogP contribution in [0.2, 0.25) is 0 Å². The molecule has 6 heteroatoms. The van der Waals surface area contributed by atoms with Gasteiger partial charge in [-0.25, -0.2) is 4.98 Å². The van der Waals surface area contributed by atoms with E-state index in [0.29, 0.717) is 23.9 Å². The van der Waals surface area contributed by atoms with E-state index in [4.69, 9.17) is 4.74 Å². The second kappa shape index (κ2) is 6.18. The number of hydrogen-bond acceptors (Lipinski definition) is 4. The van der Waals surface area contributed by atoms with Crippen LogP contribution in [0.15, 0.2) is 18.2 Å². The van der Waals surface area contributed by atoms with E-state index in [0.717, 1.165) is 12.0 Å². The molecule has 0 bridgehead atoms. The molecule has 2 N–H and O–H groups in total. The zero-order valence-electron chi connectivity index (χ0n) is 11.9. The Labute approximate surface area is 117 Å². The number of carbonyl (C=O) groups is 1. The van der Waals surface area contributed by atoms with Gasteiger partial charge in [-0.1, -0.05) is 13.0 Å². The van der Waals surface area contributed by atoms with Crippen LogP contribution in [0, 0.1) is 13.8 Å². The van der Waals surface area contributed by atoms with Crippen molar-refractivity contribution in [1.29, 1.82) is 0 Å². The molecule has 0 fully saturated rings. The van der Waals surface area contributed by atoms with E-state index in [9.17, 15) is 4.79 Å². The Hall–Kier alpha value is -2.37. The third kappa shape index (κ3) is 3.34. The maximum absolute atomic E-state index is 12.0. The molecule has 1 aromatic heterocycles. The topological polar surface area (TPSA) is 79.9 Å². The molecule has 0 spiro atoms. The summed E-state index contributed by atoms with van der Waals surface area (Å²) < 4.78 is 5.65. The first-order chi connectivity index (χ1) is 9.60. The van der Waals surface area contributed by atoms with Gasteiger partial charge in [0.2, 0.25) is 5.82 Å². The molecular formula is C14H18N4O2. The summed E-state index contributed by atoms with van der Waals surface area (Å²) in [6.07, 6.45) is 0.904. The standard InChI is InChI=1S/C14H18N4O2/c1-4-7-20-12-8-9(2)5-6-11(12)16-14(19)13-15-10(3)17-18-13/h5-6,8H,4,7H2,1-3H3,(H,16,19)(H,15,17,18). The third-order valence-electron chi connectivity index (χ3n) is 2.65. The highest BCUT2D eigenvalue weighted by atomic mass is 16.5. The first-order valence-electron chi connectivity index (χ1n) is 6.54. The number of ether oxygens (including phenoxy) is 1. The molecule has 0 saturated heterocycles. The molecular weight excluding hydrogens is 256 g/mol. The number of anilines is 1. The summed E-state index contributed by atoms with van der Waals surface area (Å²) in [4.78, 5) is 16.0. The summed E-state index contributed by atoms with van der Waals surface area (Å²) in [7, 11) is 0. The average Bonchev–Trinajstić information content (AvgIpc) is 2.85. The lowest BCUT2D eigenvalue weighted by atomic mass is 10.2. The van der Waals surface area contributed by atoms with E-state index in [-0.39, 0.29) is 11.7 Å². The lowest BCUT2D eigenvalue weighted by Gasteiger charge is -2.12. The molecule has 0 unspecified atom stereocenters. The number of nitrogens with zero attached hydrogens (tertiary/aromatic N) is 2. The monoisotopic (exact) mass is 274 g/mol. The number of rotatable bonds is 5. The molecule has 6 nitrogen and oxygen atoms in total. The van der Waals surface area contributed by atoms with E-state index < -0.39 is 0 Å². The lowest BCUT2D eigenvalue weighted by molar-refractivity contribution is 0.101. The van der Waals surface area contributed by atoms with Gasteiger partial charge in [0.05, 0.1) is 12.3 Å². The normalized spacial score (nSPS) is 10.3. The Morgan fingerprint density at radius 2 is 2.20 bits per heavy atom. The molecule has 1 aromatic carbocycles. The Kier molecular flexibility index (Phi) is 4.34. The van der Waals surface area contributed by atoms with Crippen molar-refractivity contribution >= 4 is 11.6 Å². The van der Waals surface area contributed by atoms with Gasteiger partial charge in [0.1, 0.15) is 11.6 Å². The van der Waals surface area contributed by atoms with E-state index >= 15 is 0 Å². The van der Waals surface area contributed by atoms with Crippen molar-refractivity contribution in [1.82, 2.24) is 15.2 Å². The summed E-state index contributed by atoms with van der Waals surface area (Å²) in [6.45, 7) is 6.35. The Morgan fingerprint density at radius 1 is 1.40 bits per heavy atom. The number of amides is 1. The Balaban J connectivity index is 2.17. The van der Waals surface area contributed by atoms with Crippen LogP contribution in [0.1, 0.15) is 35.4 Å². The summed E-state index contributed by atoms with van der Waals surface area (Å²) >= 11 is 0. The van der Waals surface area contributed by atoms with Crippen molar-refractivity contribution in [3.8, 4) is 5.75 Å². The number of nitrogens with one attached hydrogen (secondary N) is 2. The maximum Gasteiger partial charge on any atom is 0.295 e. The second-order valence-electron chi connectivity index (χ2n) is 4.55. The highest BCUT2D eigenvalue weighted by Crippen LogP contribution is 2.26. The Bertz CT molecular complexity index is 607. The largest absolute Gasteiger partial charge is 0.491 e. The molecule has 1 amide bonds. The molecule has 2 rings (SSSR count). The van der Waals surface area contributed by atoms with Gasteiger partial charge in [0, 0.05) is 0 Å². The van der Waals surface area contributed by atoms with Gasteiger partial charge in [0.25, 0.3) is 5.91 Å². The van der Waals surface area contributed by atoms with Gasteiger partial charge in [0.15, 0.2) is 0 Å². The average molecular weight is 274 g/mol. The third-order valence-corrected chi connectivity index (χ3v) is 2.65. The number of aromatic nitrogens is 3. The van der Waals surface area contributed by atoms with Crippen LogP contribution in [0.5, 0.6) is 5.75 Å². The van der Waals surface area contributed by atoms with E-state index in [1.54, 1.807) is 6.92 Å². The smallest absolute Gasteiger partial charge is 0.295 e. The van der Waals surface area contributed by atoms with Gasteiger partial charge >= 0.3 is 0 Å². The molecule has 106 valence electrons. The van der Waals surface area contributed by atoms with Gasteiger partial charge < -0.3 is 10.1 Å². The van der Waals surface area contributed by atoms with E-state index in [1.165, 1.54) is 0 Å². The molecule has 0 aliphatic rings. The second-order valence-corrected chi connectivity index (χ2v) is 4.55. The van der Waals surface area contributed by atoms with Crippen LogP contribution in [-0.2, 0) is 0 Å². The number of benzene rings is 1. The first kappa shape index (κ1) is 14.0. The highest BCUT2D eigenvalue weighted by molar-refractivity contribution is 6.02. The highest BCUT2D eigenvalue weighted by Gasteiger charge is 2.14. The summed E-state index contributed by atoms with van der Waals surface area (Å²) in [5, 5.41) is 9.24. The fourth-order valence-electron chi connectivity index (χ4n) is 1.69. The van der Waals surface area contributed by atoms with Crippen LogP contribution >= 0.6 is 0 Å². The van der Waals surface area contributed by atoms with Crippen LogP contribution in [0.25, 0.3) is 0 Å². The zero-order valence-corrected chi connectivity index (χ0v) is 11.9. The number of aryl methyl sites for hydroxylation is 2. The predicted octanol–water partition coefficient (Wildman–Crippen LogP) is 2.46. The minimum Gasteiger partial charge on any atom is -0.491 e. The van der Waals surface area contributed by atoms with Crippen LogP contribution < -0.4 is 10.1 Å². The minimum absolute atomic E-state index is 0.115. The molecule has 0 aliphatic heterocycles. The van der Waals surface area contributed by atoms with Crippen molar-refractivity contribution in [2.24, 2.45) is 0 Å². The van der Waals surface area contributed by atoms with Gasteiger partial charge in [-0.15, -0.1) is 5.10 Å². The minimum atomic E-state index is -0.362. The van der Waals surface area contributed by atoms with Crippen molar-refractivity contribution in [3.05, 3.63) is 35.4 Å². The van der Waals surface area contributed by atoms with Crippen LogP contribution in [0.4, 0.5) is 5.69 Å². The summed E-state index contributed by atoms with van der Waals surface area (Å²) in [5.74, 6) is 1.01. The first-order valence-corrected chi connectivity index (χ1v) is 6.54. The van der Waals surface area contributed by atoms with Crippen LogP contribution in [-0.4, -0.2) is 27.7 Å². The fourth-order valence-corrected chi connectivity index (χ4v) is 1.69. The molecule has 20 heavy (non-hydrogen) atoms.